The van der Waals surface area contributed by atoms with E-state index in [2.05, 4.69) is 6.92 Å². The van der Waals surface area contributed by atoms with Crippen molar-refractivity contribution in [3.8, 4) is 11.5 Å². The highest BCUT2D eigenvalue weighted by Gasteiger charge is 2.33. The Labute approximate surface area is 175 Å². The summed E-state index contributed by atoms with van der Waals surface area (Å²) >= 11 is 1.52. The molecule has 3 rings (SSSR count). The Balaban J connectivity index is 1.75. The summed E-state index contributed by atoms with van der Waals surface area (Å²) in [5, 5.41) is 0. The Morgan fingerprint density at radius 1 is 1.10 bits per heavy atom. The van der Waals surface area contributed by atoms with Crippen LogP contribution in [0.2, 0.25) is 0 Å². The first-order chi connectivity index (χ1) is 13.8. The Morgan fingerprint density at radius 2 is 1.79 bits per heavy atom. The van der Waals surface area contributed by atoms with Crippen LogP contribution in [0.3, 0.4) is 0 Å². The van der Waals surface area contributed by atoms with Crippen molar-refractivity contribution in [3.63, 3.8) is 0 Å². The van der Waals surface area contributed by atoms with Crippen LogP contribution in [-0.4, -0.2) is 63.9 Å². The summed E-state index contributed by atoms with van der Waals surface area (Å²) in [6.45, 7) is 5.26. The predicted molar refractivity (Wildman–Crippen MR) is 113 cm³/mol. The topological polar surface area (TPSA) is 76.2 Å². The van der Waals surface area contributed by atoms with Gasteiger partial charge in [0.25, 0.3) is 5.91 Å². The fourth-order valence-electron chi connectivity index (χ4n) is 3.39. The molecule has 1 aliphatic heterocycles. The van der Waals surface area contributed by atoms with E-state index in [1.54, 1.807) is 17.0 Å². The molecule has 0 saturated carbocycles. The van der Waals surface area contributed by atoms with Gasteiger partial charge in [0.1, 0.15) is 16.4 Å². The minimum atomic E-state index is -3.76. The van der Waals surface area contributed by atoms with Crippen molar-refractivity contribution in [1.82, 2.24) is 9.21 Å². The SMILES string of the molecule is CCc1sc(C(=O)N2CCN(S(=O)(=O)c3cc(OC)ccc3OC)CC2)cc1C. The van der Waals surface area contributed by atoms with Crippen LogP contribution in [0, 0.1) is 6.92 Å². The number of thiophene rings is 1. The van der Waals surface area contributed by atoms with Crippen molar-refractivity contribution < 1.29 is 22.7 Å². The van der Waals surface area contributed by atoms with Gasteiger partial charge < -0.3 is 14.4 Å². The normalized spacial score (nSPS) is 15.4. The maximum absolute atomic E-state index is 13.2. The van der Waals surface area contributed by atoms with Gasteiger partial charge in [0, 0.05) is 37.1 Å². The number of hydrogen-bond donors (Lipinski definition) is 0. The number of benzene rings is 1. The molecule has 1 fully saturated rings. The minimum absolute atomic E-state index is 0.0335. The van der Waals surface area contributed by atoms with Crippen LogP contribution in [0.5, 0.6) is 11.5 Å². The molecule has 0 aliphatic carbocycles. The van der Waals surface area contributed by atoms with Gasteiger partial charge in [-0.25, -0.2) is 8.42 Å². The first kappa shape index (κ1) is 21.6. The van der Waals surface area contributed by atoms with Gasteiger partial charge in [-0.1, -0.05) is 6.92 Å². The number of aryl methyl sites for hydroxylation is 2. The smallest absolute Gasteiger partial charge is 0.264 e. The first-order valence-electron chi connectivity index (χ1n) is 9.42. The fourth-order valence-corrected chi connectivity index (χ4v) is 6.06. The zero-order valence-corrected chi connectivity index (χ0v) is 18.7. The number of hydrogen-bond acceptors (Lipinski definition) is 6. The van der Waals surface area contributed by atoms with Crippen molar-refractivity contribution in [1.29, 1.82) is 0 Å². The lowest BCUT2D eigenvalue weighted by atomic mass is 10.2. The quantitative estimate of drug-likeness (QED) is 0.693. The third kappa shape index (κ3) is 4.26. The molecule has 0 N–H and O–H groups in total. The molecule has 29 heavy (non-hydrogen) atoms. The van der Waals surface area contributed by atoms with Crippen molar-refractivity contribution in [2.24, 2.45) is 0 Å². The summed E-state index contributed by atoms with van der Waals surface area (Å²) in [7, 11) is -0.844. The van der Waals surface area contributed by atoms with Gasteiger partial charge in [-0.15, -0.1) is 11.3 Å². The van der Waals surface area contributed by atoms with Crippen molar-refractivity contribution in [2.45, 2.75) is 25.2 Å². The second kappa shape index (κ2) is 8.73. The lowest BCUT2D eigenvalue weighted by molar-refractivity contribution is 0.0702. The van der Waals surface area contributed by atoms with E-state index < -0.39 is 10.0 Å². The Kier molecular flexibility index (Phi) is 6.50. The summed E-state index contributed by atoms with van der Waals surface area (Å²) < 4.78 is 38.1. The Bertz CT molecular complexity index is 992. The predicted octanol–water partition coefficient (Wildman–Crippen LogP) is 2.78. The average molecular weight is 439 g/mol. The van der Waals surface area contributed by atoms with Crippen LogP contribution in [-0.2, 0) is 16.4 Å². The third-order valence-electron chi connectivity index (χ3n) is 5.07. The molecule has 0 bridgehead atoms. The molecule has 0 unspecified atom stereocenters. The van der Waals surface area contributed by atoms with E-state index in [4.69, 9.17) is 9.47 Å². The molecule has 1 aromatic carbocycles. The molecule has 9 heteroatoms. The van der Waals surface area contributed by atoms with Gasteiger partial charge in [-0.3, -0.25) is 4.79 Å². The van der Waals surface area contributed by atoms with Crippen molar-refractivity contribution >= 4 is 27.3 Å². The van der Waals surface area contributed by atoms with Crippen molar-refractivity contribution in [2.75, 3.05) is 40.4 Å². The maximum Gasteiger partial charge on any atom is 0.264 e. The number of amides is 1. The molecule has 1 aliphatic rings. The van der Waals surface area contributed by atoms with E-state index >= 15 is 0 Å². The molecular formula is C20H26N2O5S2. The number of methoxy groups -OCH3 is 2. The molecule has 0 radical (unpaired) electrons. The highest BCUT2D eigenvalue weighted by Crippen LogP contribution is 2.31. The summed E-state index contributed by atoms with van der Waals surface area (Å²) in [5.74, 6) is 0.678. The van der Waals surface area contributed by atoms with Crippen LogP contribution in [0.1, 0.15) is 27.0 Å². The van der Waals surface area contributed by atoms with E-state index in [1.165, 1.54) is 40.8 Å². The third-order valence-corrected chi connectivity index (χ3v) is 8.36. The minimum Gasteiger partial charge on any atom is -0.497 e. The van der Waals surface area contributed by atoms with Crippen LogP contribution in [0.25, 0.3) is 0 Å². The molecule has 1 aromatic heterocycles. The van der Waals surface area contributed by atoms with Gasteiger partial charge in [0.2, 0.25) is 10.0 Å². The van der Waals surface area contributed by atoms with E-state index in [9.17, 15) is 13.2 Å². The molecule has 1 amide bonds. The molecule has 2 heterocycles. The fraction of sp³-hybridized carbons (Fsp3) is 0.450. The lowest BCUT2D eigenvalue weighted by Crippen LogP contribution is -2.50. The number of carbonyl (C=O) groups is 1. The molecule has 0 atom stereocenters. The second-order valence-electron chi connectivity index (χ2n) is 6.78. The average Bonchev–Trinajstić information content (AvgIpc) is 3.13. The van der Waals surface area contributed by atoms with Crippen LogP contribution >= 0.6 is 11.3 Å². The molecular weight excluding hydrogens is 412 g/mol. The molecule has 7 nitrogen and oxygen atoms in total. The van der Waals surface area contributed by atoms with Gasteiger partial charge in [-0.05, 0) is 37.1 Å². The number of nitrogens with zero attached hydrogens (tertiary/aromatic N) is 2. The van der Waals surface area contributed by atoms with Gasteiger partial charge in [-0.2, -0.15) is 4.31 Å². The Morgan fingerprint density at radius 3 is 2.34 bits per heavy atom. The maximum atomic E-state index is 13.2. The van der Waals surface area contributed by atoms with Crippen LogP contribution in [0.4, 0.5) is 0 Å². The first-order valence-corrected chi connectivity index (χ1v) is 11.7. The largest absolute Gasteiger partial charge is 0.497 e. The standard InChI is InChI=1S/C20H26N2O5S2/c1-5-17-14(2)12-18(28-17)20(23)21-8-10-22(11-9-21)29(24,25)19-13-15(26-3)6-7-16(19)27-4/h6-7,12-13H,5,8-11H2,1-4H3. The van der Waals surface area contributed by atoms with E-state index in [-0.39, 0.29) is 29.6 Å². The van der Waals surface area contributed by atoms with Gasteiger partial charge >= 0.3 is 0 Å². The summed E-state index contributed by atoms with van der Waals surface area (Å²) in [5.41, 5.74) is 1.13. The molecule has 1 saturated heterocycles. The zero-order valence-electron chi connectivity index (χ0n) is 17.1. The second-order valence-corrected chi connectivity index (χ2v) is 9.83. The van der Waals surface area contributed by atoms with Crippen molar-refractivity contribution in [3.05, 3.63) is 39.6 Å². The van der Waals surface area contributed by atoms with Gasteiger partial charge in [0.15, 0.2) is 0 Å². The number of sulfonamides is 1. The number of rotatable bonds is 6. The summed E-state index contributed by atoms with van der Waals surface area (Å²) in [4.78, 5) is 16.5. The molecule has 0 spiro atoms. The van der Waals surface area contributed by atoms with E-state index in [0.717, 1.165) is 12.0 Å². The highest BCUT2D eigenvalue weighted by atomic mass is 32.2. The van der Waals surface area contributed by atoms with Crippen LogP contribution in [0.15, 0.2) is 29.2 Å². The molecule has 158 valence electrons. The number of piperazine rings is 1. The lowest BCUT2D eigenvalue weighted by Gasteiger charge is -2.34. The highest BCUT2D eigenvalue weighted by molar-refractivity contribution is 7.89. The summed E-state index contributed by atoms with van der Waals surface area (Å²) in [6.07, 6.45) is 0.901. The van der Waals surface area contributed by atoms with E-state index in [0.29, 0.717) is 23.7 Å². The van der Waals surface area contributed by atoms with Gasteiger partial charge in [0.05, 0.1) is 19.1 Å². The number of ether oxygens (including phenoxy) is 2. The summed E-state index contributed by atoms with van der Waals surface area (Å²) in [6, 6.07) is 6.63. The van der Waals surface area contributed by atoms with Crippen LogP contribution < -0.4 is 9.47 Å². The number of carbonyl (C=O) groups excluding carboxylic acids is 1. The zero-order chi connectivity index (χ0) is 21.2. The Hall–Kier alpha value is -2.10. The molecule has 2 aromatic rings. The van der Waals surface area contributed by atoms with E-state index in [1.807, 2.05) is 13.0 Å². The monoisotopic (exact) mass is 438 g/mol.